The van der Waals surface area contributed by atoms with Gasteiger partial charge in [-0.25, -0.2) is 4.39 Å². The second-order valence-electron chi connectivity index (χ2n) is 5.18. The Morgan fingerprint density at radius 3 is 2.29 bits per heavy atom. The molecule has 0 atom stereocenters. The van der Waals surface area contributed by atoms with Crippen LogP contribution in [0.15, 0.2) is 12.3 Å². The molecule has 1 aromatic heterocycles. The van der Waals surface area contributed by atoms with Gasteiger partial charge in [0.25, 0.3) is 0 Å². The van der Waals surface area contributed by atoms with Crippen LogP contribution in [0.3, 0.4) is 0 Å². The Morgan fingerprint density at radius 1 is 1.24 bits per heavy atom. The number of nitrogens with zero attached hydrogens (tertiary/aromatic N) is 1. The predicted molar refractivity (Wildman–Crippen MR) is 64.3 cm³/mol. The number of hydrogen-bond donors (Lipinski definition) is 1. The molecule has 4 nitrogen and oxygen atoms in total. The smallest absolute Gasteiger partial charge is 0.398 e. The Balaban J connectivity index is 2.36. The molecule has 0 radical (unpaired) electrons. The highest BCUT2D eigenvalue weighted by molar-refractivity contribution is 6.62. The number of rotatable bonds is 1. The lowest BCUT2D eigenvalue weighted by Gasteiger charge is -2.32. The van der Waals surface area contributed by atoms with Crippen LogP contribution in [0.2, 0.25) is 0 Å². The summed E-state index contributed by atoms with van der Waals surface area (Å²) >= 11 is 0. The summed E-state index contributed by atoms with van der Waals surface area (Å²) in [5.74, 6) is -0.510. The average Bonchev–Trinajstić information content (AvgIpc) is 2.40. The zero-order chi connectivity index (χ0) is 12.8. The first-order chi connectivity index (χ1) is 7.74. The molecule has 1 aliphatic heterocycles. The lowest BCUT2D eigenvalue weighted by molar-refractivity contribution is 0.00578. The highest BCUT2D eigenvalue weighted by atomic mass is 19.1. The van der Waals surface area contributed by atoms with Crippen molar-refractivity contribution in [2.24, 2.45) is 0 Å². The van der Waals surface area contributed by atoms with Gasteiger partial charge in [-0.15, -0.1) is 0 Å². The summed E-state index contributed by atoms with van der Waals surface area (Å²) in [5, 5.41) is 0. The number of nitrogens with two attached hydrogens (primary N) is 1. The van der Waals surface area contributed by atoms with Gasteiger partial charge in [-0.3, -0.25) is 4.98 Å². The third kappa shape index (κ3) is 1.91. The minimum Gasteiger partial charge on any atom is -0.398 e. The Hall–Kier alpha value is -1.14. The van der Waals surface area contributed by atoms with Crippen LogP contribution >= 0.6 is 0 Å². The van der Waals surface area contributed by atoms with Crippen LogP contribution in [0.5, 0.6) is 0 Å². The second-order valence-corrected chi connectivity index (χ2v) is 5.18. The van der Waals surface area contributed by atoms with Crippen molar-refractivity contribution in [3.05, 3.63) is 18.1 Å². The topological polar surface area (TPSA) is 57.4 Å². The summed E-state index contributed by atoms with van der Waals surface area (Å²) in [6, 6.07) is 1.21. The van der Waals surface area contributed by atoms with Gasteiger partial charge in [0.1, 0.15) is 5.82 Å². The minimum atomic E-state index is -0.726. The van der Waals surface area contributed by atoms with Gasteiger partial charge in [-0.05, 0) is 33.8 Å². The lowest BCUT2D eigenvalue weighted by atomic mass is 9.83. The molecular formula is C11H16BFN2O2. The SMILES string of the molecule is CC1(C)OB(c2nccc(F)c2N)OC1(C)C. The Labute approximate surface area is 100 Å². The summed E-state index contributed by atoms with van der Waals surface area (Å²) < 4.78 is 24.9. The lowest BCUT2D eigenvalue weighted by Crippen LogP contribution is -2.41. The first kappa shape index (κ1) is 12.3. The molecular weight excluding hydrogens is 222 g/mol. The normalized spacial score (nSPS) is 21.8. The molecule has 0 aromatic carbocycles. The maximum absolute atomic E-state index is 13.3. The summed E-state index contributed by atoms with van der Waals surface area (Å²) in [6.07, 6.45) is 1.35. The maximum Gasteiger partial charge on any atom is 0.516 e. The van der Waals surface area contributed by atoms with E-state index < -0.39 is 24.1 Å². The fourth-order valence-electron chi connectivity index (χ4n) is 1.61. The molecule has 92 valence electrons. The number of pyridine rings is 1. The fraction of sp³-hybridized carbons (Fsp3) is 0.545. The van der Waals surface area contributed by atoms with Gasteiger partial charge in [0.05, 0.1) is 22.5 Å². The number of hydrogen-bond acceptors (Lipinski definition) is 4. The first-order valence-electron chi connectivity index (χ1n) is 5.50. The van der Waals surface area contributed by atoms with Crippen molar-refractivity contribution < 1.29 is 13.7 Å². The van der Waals surface area contributed by atoms with Gasteiger partial charge in [-0.1, -0.05) is 0 Å². The third-order valence-electron chi connectivity index (χ3n) is 3.44. The van der Waals surface area contributed by atoms with Crippen LogP contribution in [0, 0.1) is 5.82 Å². The van der Waals surface area contributed by atoms with Crippen LogP contribution in [0.4, 0.5) is 10.1 Å². The fourth-order valence-corrected chi connectivity index (χ4v) is 1.61. The van der Waals surface area contributed by atoms with E-state index in [2.05, 4.69) is 4.98 Å². The quantitative estimate of drug-likeness (QED) is 0.744. The van der Waals surface area contributed by atoms with Gasteiger partial charge >= 0.3 is 7.12 Å². The molecule has 0 spiro atoms. The first-order valence-corrected chi connectivity index (χ1v) is 5.50. The highest BCUT2D eigenvalue weighted by Gasteiger charge is 2.53. The van der Waals surface area contributed by atoms with Crippen LogP contribution in [0.25, 0.3) is 0 Å². The van der Waals surface area contributed by atoms with E-state index in [1.165, 1.54) is 12.3 Å². The standard InChI is InChI=1S/C11H16BFN2O2/c1-10(2)11(3,4)17-12(16-10)9-8(14)7(13)5-6-15-9/h5-6H,14H2,1-4H3. The molecule has 1 aromatic rings. The summed E-state index contributed by atoms with van der Waals surface area (Å²) in [5.41, 5.74) is 4.94. The predicted octanol–water partition coefficient (Wildman–Crippen LogP) is 1.10. The number of anilines is 1. The molecule has 2 rings (SSSR count). The minimum absolute atomic E-state index is 0.0222. The zero-order valence-electron chi connectivity index (χ0n) is 10.5. The average molecular weight is 238 g/mol. The van der Waals surface area contributed by atoms with Crippen molar-refractivity contribution in [2.75, 3.05) is 5.73 Å². The van der Waals surface area contributed by atoms with E-state index >= 15 is 0 Å². The maximum atomic E-state index is 13.3. The van der Waals surface area contributed by atoms with Gasteiger partial charge in [-0.2, -0.15) is 0 Å². The van der Waals surface area contributed by atoms with E-state index in [-0.39, 0.29) is 5.69 Å². The Morgan fingerprint density at radius 2 is 1.76 bits per heavy atom. The van der Waals surface area contributed by atoms with Gasteiger partial charge in [0.2, 0.25) is 0 Å². The van der Waals surface area contributed by atoms with Crippen molar-refractivity contribution in [2.45, 2.75) is 38.9 Å². The van der Waals surface area contributed by atoms with E-state index in [1.54, 1.807) is 0 Å². The summed E-state index contributed by atoms with van der Waals surface area (Å²) in [7, 11) is -0.726. The van der Waals surface area contributed by atoms with Crippen molar-refractivity contribution in [3.8, 4) is 0 Å². The molecule has 6 heteroatoms. The molecule has 17 heavy (non-hydrogen) atoms. The largest absolute Gasteiger partial charge is 0.516 e. The third-order valence-corrected chi connectivity index (χ3v) is 3.44. The molecule has 0 aliphatic carbocycles. The zero-order valence-corrected chi connectivity index (χ0v) is 10.5. The Bertz CT molecular complexity index is 435. The summed E-state index contributed by atoms with van der Waals surface area (Å²) in [6.45, 7) is 7.68. The van der Waals surface area contributed by atoms with Gasteiger partial charge in [0.15, 0.2) is 0 Å². The van der Waals surface area contributed by atoms with Crippen LogP contribution < -0.4 is 11.3 Å². The van der Waals surface area contributed by atoms with Crippen molar-refractivity contribution >= 4 is 18.4 Å². The molecule has 0 bridgehead atoms. The van der Waals surface area contributed by atoms with Gasteiger partial charge in [0, 0.05) is 6.20 Å². The molecule has 0 unspecified atom stereocenters. The number of aromatic nitrogens is 1. The van der Waals surface area contributed by atoms with Crippen LogP contribution in [0.1, 0.15) is 27.7 Å². The van der Waals surface area contributed by atoms with E-state index in [4.69, 9.17) is 15.0 Å². The molecule has 0 amide bonds. The van der Waals surface area contributed by atoms with Crippen molar-refractivity contribution in [3.63, 3.8) is 0 Å². The van der Waals surface area contributed by atoms with E-state index in [0.717, 1.165) is 0 Å². The molecule has 2 heterocycles. The molecule has 0 saturated carbocycles. The Kier molecular flexibility index (Phi) is 2.67. The van der Waals surface area contributed by atoms with Gasteiger partial charge < -0.3 is 15.0 Å². The van der Waals surface area contributed by atoms with Crippen molar-refractivity contribution in [1.29, 1.82) is 0 Å². The number of halogens is 1. The molecule has 2 N–H and O–H groups in total. The monoisotopic (exact) mass is 238 g/mol. The van der Waals surface area contributed by atoms with Crippen LogP contribution in [-0.4, -0.2) is 23.3 Å². The number of nitrogen functional groups attached to an aromatic ring is 1. The van der Waals surface area contributed by atoms with Crippen LogP contribution in [-0.2, 0) is 9.31 Å². The van der Waals surface area contributed by atoms with E-state index in [0.29, 0.717) is 5.59 Å². The van der Waals surface area contributed by atoms with E-state index in [9.17, 15) is 4.39 Å². The van der Waals surface area contributed by atoms with E-state index in [1.807, 2.05) is 27.7 Å². The van der Waals surface area contributed by atoms with Crippen molar-refractivity contribution in [1.82, 2.24) is 4.98 Å². The highest BCUT2D eigenvalue weighted by Crippen LogP contribution is 2.36. The summed E-state index contributed by atoms with van der Waals surface area (Å²) in [4.78, 5) is 4.04. The molecule has 1 saturated heterocycles. The molecule has 1 fully saturated rings. The molecule has 1 aliphatic rings. The second kappa shape index (κ2) is 3.68.